The van der Waals surface area contributed by atoms with Crippen molar-refractivity contribution in [3.8, 4) is 0 Å². The Morgan fingerprint density at radius 3 is 2.12 bits per heavy atom. The van der Waals surface area contributed by atoms with Crippen molar-refractivity contribution in [3.05, 3.63) is 17.2 Å². The second-order valence-electron chi connectivity index (χ2n) is 2.58. The zero-order valence-electron chi connectivity index (χ0n) is 8.33. The molecule has 0 spiro atoms. The van der Waals surface area contributed by atoms with Gasteiger partial charge >= 0.3 is 17.9 Å². The Bertz CT molecular complexity index is 392. The van der Waals surface area contributed by atoms with Gasteiger partial charge in [0.05, 0.1) is 7.11 Å². The summed E-state index contributed by atoms with van der Waals surface area (Å²) in [4.78, 5) is 23.6. The van der Waals surface area contributed by atoms with Crippen LogP contribution in [0, 0.1) is 0 Å². The number of Topliss-reactive ketones (excluding diaryl/α,β-unsaturated/α-hetero) is 1. The highest BCUT2D eigenvalue weighted by Crippen LogP contribution is 2.26. The molecule has 8 heteroatoms. The predicted molar refractivity (Wildman–Crippen MR) is 45.5 cm³/mol. The standard InChI is InChI=1S/C8H7F3N2O3/c1-4(14)7(13-12)5(8(9,10)11)3-6(15)16-2/h3H,1-2H3/b5-3+. The van der Waals surface area contributed by atoms with E-state index in [1.807, 2.05) is 0 Å². The fourth-order valence-electron chi connectivity index (χ4n) is 0.775. The van der Waals surface area contributed by atoms with Crippen LogP contribution >= 0.6 is 0 Å². The number of carbonyl (C=O) groups excluding carboxylic acids is 2. The molecule has 0 N–H and O–H groups in total. The van der Waals surface area contributed by atoms with Gasteiger partial charge in [-0.25, -0.2) is 4.79 Å². The summed E-state index contributed by atoms with van der Waals surface area (Å²) in [5.74, 6) is -2.44. The highest BCUT2D eigenvalue weighted by atomic mass is 19.4. The van der Waals surface area contributed by atoms with Gasteiger partial charge in [-0.1, -0.05) is 0 Å². The van der Waals surface area contributed by atoms with Crippen LogP contribution in [0.4, 0.5) is 13.2 Å². The molecule has 88 valence electrons. The first kappa shape index (κ1) is 14.1. The smallest absolute Gasteiger partial charge is 0.424 e. The lowest BCUT2D eigenvalue weighted by Crippen LogP contribution is -2.27. The Balaban J connectivity index is 5.62. The Hall–Kier alpha value is -1.95. The highest BCUT2D eigenvalue weighted by molar-refractivity contribution is 6.43. The Morgan fingerprint density at radius 1 is 1.38 bits per heavy atom. The van der Waals surface area contributed by atoms with Crippen LogP contribution in [0.25, 0.3) is 5.53 Å². The van der Waals surface area contributed by atoms with Crippen molar-refractivity contribution in [2.24, 2.45) is 0 Å². The molecule has 0 bridgehead atoms. The average molecular weight is 236 g/mol. The van der Waals surface area contributed by atoms with E-state index < -0.39 is 29.2 Å². The van der Waals surface area contributed by atoms with E-state index in [4.69, 9.17) is 5.53 Å². The van der Waals surface area contributed by atoms with Gasteiger partial charge in [0.15, 0.2) is 5.57 Å². The molecule has 0 fully saturated rings. The molecule has 0 saturated carbocycles. The summed E-state index contributed by atoms with van der Waals surface area (Å²) < 4.78 is 41.2. The third-order valence-electron chi connectivity index (χ3n) is 1.46. The molecule has 0 rings (SSSR count). The molecule has 0 aromatic heterocycles. The van der Waals surface area contributed by atoms with Gasteiger partial charge < -0.3 is 10.3 Å². The Morgan fingerprint density at radius 2 is 1.88 bits per heavy atom. The van der Waals surface area contributed by atoms with Crippen molar-refractivity contribution < 1.29 is 32.3 Å². The third kappa shape index (κ3) is 3.66. The second kappa shape index (κ2) is 5.22. The lowest BCUT2D eigenvalue weighted by molar-refractivity contribution is -0.136. The molecular weight excluding hydrogens is 229 g/mol. The predicted octanol–water partition coefficient (Wildman–Crippen LogP) is 0.908. The Labute approximate surface area is 88.1 Å². The first-order chi connectivity index (χ1) is 7.23. The number of alkyl halides is 3. The van der Waals surface area contributed by atoms with Gasteiger partial charge in [-0.05, 0) is 0 Å². The zero-order chi connectivity index (χ0) is 12.9. The molecule has 0 saturated heterocycles. The number of esters is 1. The molecule has 0 aliphatic rings. The summed E-state index contributed by atoms with van der Waals surface area (Å²) in [6, 6.07) is 0. The SMILES string of the molecule is COC(=O)/C=C(\C(=[N+]=[N-])C(C)=O)C(F)(F)F. The van der Waals surface area contributed by atoms with Crippen LogP contribution in [0.15, 0.2) is 11.6 Å². The van der Waals surface area contributed by atoms with Crippen LogP contribution in [0.5, 0.6) is 0 Å². The Kier molecular flexibility index (Phi) is 4.59. The normalized spacial score (nSPS) is 11.7. The average Bonchev–Trinajstić information content (AvgIpc) is 2.15. The molecular formula is C8H7F3N2O3. The molecule has 0 aromatic carbocycles. The molecule has 5 nitrogen and oxygen atoms in total. The van der Waals surface area contributed by atoms with E-state index >= 15 is 0 Å². The van der Waals surface area contributed by atoms with Crippen molar-refractivity contribution in [2.45, 2.75) is 13.1 Å². The maximum atomic E-state index is 12.4. The van der Waals surface area contributed by atoms with Crippen LogP contribution in [-0.4, -0.2) is 35.5 Å². The van der Waals surface area contributed by atoms with E-state index in [1.54, 1.807) is 0 Å². The fraction of sp³-hybridized carbons (Fsp3) is 0.375. The number of nitrogens with zero attached hydrogens (tertiary/aromatic N) is 2. The van der Waals surface area contributed by atoms with Gasteiger partial charge in [-0.3, -0.25) is 4.79 Å². The first-order valence-electron chi connectivity index (χ1n) is 3.84. The molecule has 0 aliphatic carbocycles. The molecule has 0 unspecified atom stereocenters. The van der Waals surface area contributed by atoms with E-state index in [0.717, 1.165) is 14.0 Å². The van der Waals surface area contributed by atoms with Gasteiger partial charge in [0.1, 0.15) is 0 Å². The third-order valence-corrected chi connectivity index (χ3v) is 1.46. The van der Waals surface area contributed by atoms with Gasteiger partial charge in [-0.2, -0.15) is 18.0 Å². The van der Waals surface area contributed by atoms with Crippen molar-refractivity contribution in [1.29, 1.82) is 0 Å². The number of allylic oxidation sites excluding steroid dienone is 1. The van der Waals surface area contributed by atoms with E-state index in [9.17, 15) is 22.8 Å². The number of methoxy groups -OCH3 is 1. The summed E-state index contributed by atoms with van der Waals surface area (Å²) in [5.41, 5.74) is 5.38. The summed E-state index contributed by atoms with van der Waals surface area (Å²) >= 11 is 0. The maximum Gasteiger partial charge on any atom is 0.424 e. The minimum Gasteiger partial charge on any atom is -0.466 e. The minimum absolute atomic E-state index is 0.0381. The number of ketones is 1. The summed E-state index contributed by atoms with van der Waals surface area (Å²) in [6.45, 7) is 0.770. The highest BCUT2D eigenvalue weighted by Gasteiger charge is 2.44. The monoisotopic (exact) mass is 236 g/mol. The molecule has 0 heterocycles. The lowest BCUT2D eigenvalue weighted by atomic mass is 10.1. The van der Waals surface area contributed by atoms with Crippen molar-refractivity contribution in [2.75, 3.05) is 7.11 Å². The fourth-order valence-corrected chi connectivity index (χ4v) is 0.775. The van der Waals surface area contributed by atoms with E-state index in [-0.39, 0.29) is 6.08 Å². The summed E-state index contributed by atoms with van der Waals surface area (Å²) in [7, 11) is 0.871. The maximum absolute atomic E-state index is 12.4. The molecule has 0 aliphatic heterocycles. The molecule has 16 heavy (non-hydrogen) atoms. The van der Waals surface area contributed by atoms with Gasteiger partial charge in [0, 0.05) is 13.0 Å². The zero-order valence-corrected chi connectivity index (χ0v) is 8.33. The van der Waals surface area contributed by atoms with Crippen LogP contribution in [0.1, 0.15) is 6.92 Å². The van der Waals surface area contributed by atoms with Crippen LogP contribution < -0.4 is 0 Å². The van der Waals surface area contributed by atoms with Crippen LogP contribution in [0.2, 0.25) is 0 Å². The molecule has 0 radical (unpaired) electrons. The van der Waals surface area contributed by atoms with E-state index in [2.05, 4.69) is 9.53 Å². The number of hydrogen-bond acceptors (Lipinski definition) is 3. The van der Waals surface area contributed by atoms with Crippen LogP contribution in [0.3, 0.4) is 0 Å². The topological polar surface area (TPSA) is 79.8 Å². The molecule has 0 amide bonds. The lowest BCUT2D eigenvalue weighted by Gasteiger charge is -2.05. The number of carbonyl (C=O) groups is 2. The first-order valence-corrected chi connectivity index (χ1v) is 3.84. The number of halogens is 3. The molecule has 0 atom stereocenters. The van der Waals surface area contributed by atoms with Crippen molar-refractivity contribution in [1.82, 2.24) is 0 Å². The number of rotatable bonds is 3. The van der Waals surface area contributed by atoms with Crippen LogP contribution in [-0.2, 0) is 14.3 Å². The van der Waals surface area contributed by atoms with E-state index in [0.29, 0.717) is 0 Å². The van der Waals surface area contributed by atoms with Crippen molar-refractivity contribution >= 4 is 17.5 Å². The largest absolute Gasteiger partial charge is 0.466 e. The minimum atomic E-state index is -5.00. The van der Waals surface area contributed by atoms with E-state index in [1.165, 1.54) is 0 Å². The summed E-state index contributed by atoms with van der Waals surface area (Å²) in [5, 5.41) is 0. The van der Waals surface area contributed by atoms with Gasteiger partial charge in [0.25, 0.3) is 0 Å². The summed E-state index contributed by atoms with van der Waals surface area (Å²) in [6.07, 6.45) is -4.96. The molecule has 0 aromatic rings. The second-order valence-corrected chi connectivity index (χ2v) is 2.58. The number of ether oxygens (including phenoxy) is 1. The van der Waals surface area contributed by atoms with Gasteiger partial charge in [-0.15, -0.1) is 0 Å². The number of hydrogen-bond donors (Lipinski definition) is 0. The van der Waals surface area contributed by atoms with Gasteiger partial charge in [0.2, 0.25) is 5.78 Å². The van der Waals surface area contributed by atoms with Crippen molar-refractivity contribution in [3.63, 3.8) is 0 Å². The quantitative estimate of drug-likeness (QED) is 0.240.